The molecule has 4 rings (SSSR count). The van der Waals surface area contributed by atoms with Gasteiger partial charge in [-0.05, 0) is 60.2 Å². The molecule has 3 aromatic carbocycles. The predicted molar refractivity (Wildman–Crippen MR) is 134 cm³/mol. The lowest BCUT2D eigenvalue weighted by molar-refractivity contribution is -0.384. The summed E-state index contributed by atoms with van der Waals surface area (Å²) in [5.41, 5.74) is 3.00. The summed E-state index contributed by atoms with van der Waals surface area (Å²) in [4.78, 5) is 28.0. The Balaban J connectivity index is 1.56. The summed E-state index contributed by atoms with van der Waals surface area (Å²) in [6.45, 7) is 2.15. The van der Waals surface area contributed by atoms with E-state index in [9.17, 15) is 14.9 Å². The number of aryl methyl sites for hydroxylation is 1. The van der Waals surface area contributed by atoms with E-state index in [2.05, 4.69) is 26.2 Å². The van der Waals surface area contributed by atoms with Crippen LogP contribution in [0.3, 0.4) is 0 Å². The number of rotatable bonds is 6. The average molecular weight is 524 g/mol. The normalized spacial score (nSPS) is 15.6. The van der Waals surface area contributed by atoms with Gasteiger partial charge < -0.3 is 10.1 Å². The zero-order chi connectivity index (χ0) is 23.4. The summed E-state index contributed by atoms with van der Waals surface area (Å²) in [5.74, 6) is 0.381. The number of hydrogen-bond donors (Lipinski definition) is 1. The Morgan fingerprint density at radius 1 is 1.15 bits per heavy atom. The highest BCUT2D eigenvalue weighted by Gasteiger charge is 2.25. The number of non-ortho nitro benzene ring substituents is 1. The van der Waals surface area contributed by atoms with E-state index < -0.39 is 4.92 Å². The van der Waals surface area contributed by atoms with Gasteiger partial charge in [-0.2, -0.15) is 0 Å². The fourth-order valence-electron chi connectivity index (χ4n) is 3.11. The van der Waals surface area contributed by atoms with Gasteiger partial charge in [-0.25, -0.2) is 4.99 Å². The van der Waals surface area contributed by atoms with Crippen LogP contribution in [0.5, 0.6) is 5.75 Å². The van der Waals surface area contributed by atoms with Crippen molar-refractivity contribution in [3.8, 4) is 5.75 Å². The Kier molecular flexibility index (Phi) is 6.90. The molecule has 1 saturated heterocycles. The molecule has 0 bridgehead atoms. The Morgan fingerprint density at radius 3 is 2.67 bits per heavy atom. The minimum absolute atomic E-state index is 0.00201. The molecule has 0 aliphatic carbocycles. The van der Waals surface area contributed by atoms with Gasteiger partial charge in [0.15, 0.2) is 5.17 Å². The topological polar surface area (TPSA) is 93.8 Å². The number of carbonyl (C=O) groups is 1. The van der Waals surface area contributed by atoms with Crippen LogP contribution in [-0.4, -0.2) is 16.0 Å². The van der Waals surface area contributed by atoms with Crippen molar-refractivity contribution >= 4 is 56.2 Å². The van der Waals surface area contributed by atoms with E-state index in [-0.39, 0.29) is 11.6 Å². The summed E-state index contributed by atoms with van der Waals surface area (Å²) < 4.78 is 6.86. The van der Waals surface area contributed by atoms with Crippen LogP contribution in [0.2, 0.25) is 0 Å². The molecule has 166 valence electrons. The van der Waals surface area contributed by atoms with E-state index >= 15 is 0 Å². The van der Waals surface area contributed by atoms with Gasteiger partial charge in [0.1, 0.15) is 12.4 Å². The molecule has 0 spiro atoms. The zero-order valence-electron chi connectivity index (χ0n) is 17.4. The molecular weight excluding hydrogens is 506 g/mol. The number of nitrogens with one attached hydrogen (secondary N) is 1. The third kappa shape index (κ3) is 5.68. The molecule has 7 nitrogen and oxygen atoms in total. The molecule has 0 unspecified atom stereocenters. The Hall–Kier alpha value is -3.43. The van der Waals surface area contributed by atoms with E-state index in [0.29, 0.717) is 33.7 Å². The van der Waals surface area contributed by atoms with Crippen LogP contribution in [-0.2, 0) is 11.4 Å². The lowest BCUT2D eigenvalue weighted by Gasteiger charge is -2.10. The maximum atomic E-state index is 12.6. The number of ether oxygens (including phenoxy) is 1. The predicted octanol–water partition coefficient (Wildman–Crippen LogP) is 6.14. The number of halogens is 1. The number of amidine groups is 1. The minimum Gasteiger partial charge on any atom is -0.488 e. The number of nitro benzene ring substituents is 1. The largest absolute Gasteiger partial charge is 0.488 e. The first-order valence-electron chi connectivity index (χ1n) is 9.90. The number of nitro groups is 1. The lowest BCUT2D eigenvalue weighted by atomic mass is 10.2. The van der Waals surface area contributed by atoms with Crippen LogP contribution in [0.15, 0.2) is 81.1 Å². The molecule has 1 heterocycles. The van der Waals surface area contributed by atoms with Crippen LogP contribution in [0.25, 0.3) is 6.08 Å². The fraction of sp³-hybridized carbons (Fsp3) is 0.0833. The molecule has 0 atom stereocenters. The smallest absolute Gasteiger partial charge is 0.269 e. The van der Waals surface area contributed by atoms with Gasteiger partial charge in [-0.3, -0.25) is 14.9 Å². The van der Waals surface area contributed by atoms with E-state index in [0.717, 1.165) is 15.6 Å². The lowest BCUT2D eigenvalue weighted by Crippen LogP contribution is -2.19. The van der Waals surface area contributed by atoms with Crippen LogP contribution >= 0.6 is 27.7 Å². The van der Waals surface area contributed by atoms with Crippen molar-refractivity contribution in [2.45, 2.75) is 13.5 Å². The van der Waals surface area contributed by atoms with Crippen LogP contribution in [0.4, 0.5) is 11.4 Å². The third-order valence-corrected chi connectivity index (χ3v) is 6.16. The van der Waals surface area contributed by atoms with Gasteiger partial charge in [0.2, 0.25) is 0 Å². The number of carbonyl (C=O) groups excluding carboxylic acids is 1. The van der Waals surface area contributed by atoms with Gasteiger partial charge in [-0.15, -0.1) is 0 Å². The van der Waals surface area contributed by atoms with Crippen molar-refractivity contribution in [1.82, 2.24) is 5.32 Å². The number of thioether (sulfide) groups is 1. The van der Waals surface area contributed by atoms with Gasteiger partial charge in [0.05, 0.1) is 15.5 Å². The Labute approximate surface area is 202 Å². The molecule has 3 aromatic rings. The monoisotopic (exact) mass is 523 g/mol. The molecule has 9 heteroatoms. The zero-order valence-corrected chi connectivity index (χ0v) is 19.9. The minimum atomic E-state index is -0.452. The molecule has 0 aromatic heterocycles. The van der Waals surface area contributed by atoms with Crippen LogP contribution < -0.4 is 10.1 Å². The summed E-state index contributed by atoms with van der Waals surface area (Å²) in [5, 5.41) is 14.1. The number of hydrogen-bond acceptors (Lipinski definition) is 6. The first-order valence-corrected chi connectivity index (χ1v) is 11.5. The van der Waals surface area contributed by atoms with E-state index in [1.165, 1.54) is 23.9 Å². The molecule has 1 aliphatic heterocycles. The second kappa shape index (κ2) is 10.0. The molecule has 1 aliphatic rings. The maximum absolute atomic E-state index is 12.6. The Morgan fingerprint density at radius 2 is 1.94 bits per heavy atom. The highest BCUT2D eigenvalue weighted by Crippen LogP contribution is 2.33. The molecule has 33 heavy (non-hydrogen) atoms. The summed E-state index contributed by atoms with van der Waals surface area (Å²) >= 11 is 4.68. The fourth-order valence-corrected chi connectivity index (χ4v) is 4.31. The molecule has 0 radical (unpaired) electrons. The van der Waals surface area contributed by atoms with Gasteiger partial charge in [0, 0.05) is 22.2 Å². The first kappa shape index (κ1) is 22.8. The van der Waals surface area contributed by atoms with Crippen molar-refractivity contribution < 1.29 is 14.5 Å². The van der Waals surface area contributed by atoms with Crippen molar-refractivity contribution in [2.24, 2.45) is 4.99 Å². The van der Waals surface area contributed by atoms with Gasteiger partial charge in [-0.1, -0.05) is 46.3 Å². The number of benzene rings is 3. The van der Waals surface area contributed by atoms with E-state index in [4.69, 9.17) is 4.74 Å². The van der Waals surface area contributed by atoms with E-state index in [1.54, 1.807) is 19.1 Å². The Bertz CT molecular complexity index is 1290. The standard InChI is InChI=1S/C24H18BrN3O4S/c1-15-11-19(28(30)31)8-9-20(15)26-24-27-23(29)22(33-24)13-17-12-18(25)7-10-21(17)32-14-16-5-3-2-4-6-16/h2-13H,14H2,1H3,(H,26,27,29)/b22-13+. The molecule has 1 amide bonds. The molecule has 1 N–H and O–H groups in total. The SMILES string of the molecule is Cc1cc([N+](=O)[O-])ccc1N=C1NC(=O)/C(=C\c2cc(Br)ccc2OCc2ccccc2)S1. The highest BCUT2D eigenvalue weighted by molar-refractivity contribution is 9.10. The second-order valence-corrected chi connectivity index (χ2v) is 9.11. The van der Waals surface area contributed by atoms with Gasteiger partial charge >= 0.3 is 0 Å². The number of amides is 1. The summed E-state index contributed by atoms with van der Waals surface area (Å²) in [6, 6.07) is 19.9. The molecular formula is C24H18BrN3O4S. The average Bonchev–Trinajstić information content (AvgIpc) is 3.13. The van der Waals surface area contributed by atoms with Crippen molar-refractivity contribution in [1.29, 1.82) is 0 Å². The first-order chi connectivity index (χ1) is 15.9. The van der Waals surface area contributed by atoms with Crippen LogP contribution in [0, 0.1) is 17.0 Å². The number of aliphatic imine (C=N–C) groups is 1. The van der Waals surface area contributed by atoms with Crippen molar-refractivity contribution in [3.63, 3.8) is 0 Å². The van der Waals surface area contributed by atoms with Crippen molar-refractivity contribution in [2.75, 3.05) is 0 Å². The van der Waals surface area contributed by atoms with Gasteiger partial charge in [0.25, 0.3) is 11.6 Å². The maximum Gasteiger partial charge on any atom is 0.269 e. The second-order valence-electron chi connectivity index (χ2n) is 7.17. The molecule has 0 saturated carbocycles. The third-order valence-electron chi connectivity index (χ3n) is 4.76. The highest BCUT2D eigenvalue weighted by atomic mass is 79.9. The summed E-state index contributed by atoms with van der Waals surface area (Å²) in [7, 11) is 0. The van der Waals surface area contributed by atoms with Crippen LogP contribution in [0.1, 0.15) is 16.7 Å². The molecule has 1 fully saturated rings. The quantitative estimate of drug-likeness (QED) is 0.238. The van der Waals surface area contributed by atoms with Crippen molar-refractivity contribution in [3.05, 3.63) is 103 Å². The summed E-state index contributed by atoms with van der Waals surface area (Å²) in [6.07, 6.45) is 1.76. The number of nitrogens with zero attached hydrogens (tertiary/aromatic N) is 2. The van der Waals surface area contributed by atoms with E-state index in [1.807, 2.05) is 48.5 Å².